The van der Waals surface area contributed by atoms with Crippen molar-refractivity contribution in [2.75, 3.05) is 7.05 Å². The summed E-state index contributed by atoms with van der Waals surface area (Å²) in [4.78, 5) is 0. The Morgan fingerprint density at radius 2 is 2.44 bits per heavy atom. The summed E-state index contributed by atoms with van der Waals surface area (Å²) in [5.74, 6) is 0. The molecule has 0 aliphatic heterocycles. The molecule has 5 nitrogen and oxygen atoms in total. The van der Waals surface area contributed by atoms with Crippen LogP contribution in [0.5, 0.6) is 0 Å². The van der Waals surface area contributed by atoms with Crippen LogP contribution in [0.25, 0.3) is 0 Å². The number of nitrogens with zero attached hydrogens (tertiary/aromatic N) is 4. The van der Waals surface area contributed by atoms with Crippen molar-refractivity contribution in [2.45, 2.75) is 36.2 Å². The van der Waals surface area contributed by atoms with E-state index in [4.69, 9.17) is 5.26 Å². The van der Waals surface area contributed by atoms with Crippen molar-refractivity contribution in [3.05, 3.63) is 6.33 Å². The number of aryl methyl sites for hydroxylation is 1. The van der Waals surface area contributed by atoms with Gasteiger partial charge in [-0.25, -0.2) is 0 Å². The number of thioether (sulfide) groups is 1. The van der Waals surface area contributed by atoms with Crippen molar-refractivity contribution in [1.82, 2.24) is 20.1 Å². The lowest BCUT2D eigenvalue weighted by Gasteiger charge is -2.23. The van der Waals surface area contributed by atoms with Crippen molar-refractivity contribution in [3.8, 4) is 6.07 Å². The van der Waals surface area contributed by atoms with Gasteiger partial charge in [-0.05, 0) is 20.4 Å². The first-order chi connectivity index (χ1) is 7.50. The molecule has 0 fully saturated rings. The van der Waals surface area contributed by atoms with E-state index in [0.29, 0.717) is 5.25 Å². The zero-order valence-electron chi connectivity index (χ0n) is 10.1. The summed E-state index contributed by atoms with van der Waals surface area (Å²) in [6.07, 6.45) is 2.44. The van der Waals surface area contributed by atoms with Crippen LogP contribution in [0.1, 0.15) is 20.3 Å². The third-order valence-electron chi connectivity index (χ3n) is 2.47. The molecule has 1 rings (SSSR count). The second-order valence-corrected chi connectivity index (χ2v) is 5.46. The second-order valence-electron chi connectivity index (χ2n) is 4.05. The van der Waals surface area contributed by atoms with Crippen LogP contribution in [0.3, 0.4) is 0 Å². The molecule has 0 aliphatic rings. The number of nitriles is 1. The van der Waals surface area contributed by atoms with Gasteiger partial charge < -0.3 is 9.88 Å². The number of rotatable bonds is 5. The fourth-order valence-electron chi connectivity index (χ4n) is 1.38. The summed E-state index contributed by atoms with van der Waals surface area (Å²) in [7, 11) is 3.72. The first-order valence-electron chi connectivity index (χ1n) is 5.11. The van der Waals surface area contributed by atoms with Crippen LogP contribution >= 0.6 is 11.8 Å². The van der Waals surface area contributed by atoms with E-state index in [0.717, 1.165) is 11.6 Å². The van der Waals surface area contributed by atoms with E-state index in [1.807, 2.05) is 25.6 Å². The first kappa shape index (κ1) is 13.0. The second kappa shape index (κ2) is 5.32. The van der Waals surface area contributed by atoms with Crippen LogP contribution in [0.4, 0.5) is 0 Å². The van der Waals surface area contributed by atoms with Gasteiger partial charge in [0.15, 0.2) is 5.16 Å². The third-order valence-corrected chi connectivity index (χ3v) is 3.62. The molecule has 0 aromatic carbocycles. The van der Waals surface area contributed by atoms with E-state index in [9.17, 15) is 0 Å². The molecule has 0 amide bonds. The normalized spacial score (nSPS) is 16.4. The van der Waals surface area contributed by atoms with Crippen LogP contribution in [0, 0.1) is 11.3 Å². The van der Waals surface area contributed by atoms with E-state index in [1.54, 1.807) is 18.1 Å². The zero-order chi connectivity index (χ0) is 12.2. The molecule has 0 saturated heterocycles. The molecule has 2 atom stereocenters. The van der Waals surface area contributed by atoms with E-state index >= 15 is 0 Å². The van der Waals surface area contributed by atoms with E-state index in [-0.39, 0.29) is 0 Å². The number of aromatic nitrogens is 3. The maximum Gasteiger partial charge on any atom is 0.190 e. The third kappa shape index (κ3) is 3.22. The molecule has 0 spiro atoms. The first-order valence-corrected chi connectivity index (χ1v) is 5.99. The molecule has 6 heteroatoms. The van der Waals surface area contributed by atoms with Crippen LogP contribution in [0.2, 0.25) is 0 Å². The Hall–Kier alpha value is -1.06. The standard InChI is InChI=1S/C10H17N5S/c1-8(5-10(2,6-11)12-3)16-9-14-13-7-15(9)4/h7-8,12H,5H2,1-4H3. The minimum Gasteiger partial charge on any atom is -0.312 e. The van der Waals surface area contributed by atoms with Crippen LogP contribution in [0.15, 0.2) is 11.5 Å². The quantitative estimate of drug-likeness (QED) is 0.782. The van der Waals surface area contributed by atoms with Gasteiger partial charge in [-0.15, -0.1) is 10.2 Å². The van der Waals surface area contributed by atoms with Gasteiger partial charge in [0.1, 0.15) is 11.9 Å². The smallest absolute Gasteiger partial charge is 0.190 e. The molecule has 1 heterocycles. The van der Waals surface area contributed by atoms with Gasteiger partial charge in [0.05, 0.1) is 6.07 Å². The summed E-state index contributed by atoms with van der Waals surface area (Å²) < 4.78 is 1.88. The molecule has 0 aliphatic carbocycles. The Morgan fingerprint density at radius 1 is 1.75 bits per heavy atom. The van der Waals surface area contributed by atoms with E-state index in [1.165, 1.54) is 0 Å². The highest BCUT2D eigenvalue weighted by Crippen LogP contribution is 2.26. The van der Waals surface area contributed by atoms with Gasteiger partial charge in [0.25, 0.3) is 0 Å². The minimum atomic E-state index is -0.481. The summed E-state index contributed by atoms with van der Waals surface area (Å²) in [6, 6.07) is 2.29. The number of hydrogen-bond donors (Lipinski definition) is 1. The number of nitrogens with one attached hydrogen (secondary N) is 1. The van der Waals surface area contributed by atoms with Gasteiger partial charge in [-0.1, -0.05) is 18.7 Å². The molecular weight excluding hydrogens is 222 g/mol. The Kier molecular flexibility index (Phi) is 4.33. The largest absolute Gasteiger partial charge is 0.312 e. The van der Waals surface area contributed by atoms with Gasteiger partial charge >= 0.3 is 0 Å². The van der Waals surface area contributed by atoms with Gasteiger partial charge in [-0.2, -0.15) is 5.26 Å². The average molecular weight is 239 g/mol. The van der Waals surface area contributed by atoms with Crippen molar-refractivity contribution in [1.29, 1.82) is 5.26 Å². The fourth-order valence-corrected chi connectivity index (χ4v) is 2.46. The highest BCUT2D eigenvalue weighted by molar-refractivity contribution is 7.99. The van der Waals surface area contributed by atoms with Crippen molar-refractivity contribution < 1.29 is 0 Å². The van der Waals surface area contributed by atoms with Crippen LogP contribution in [-0.4, -0.2) is 32.6 Å². The van der Waals surface area contributed by atoms with Crippen molar-refractivity contribution in [3.63, 3.8) is 0 Å². The lowest BCUT2D eigenvalue weighted by atomic mass is 9.98. The zero-order valence-corrected chi connectivity index (χ0v) is 10.9. The molecule has 0 bridgehead atoms. The molecule has 88 valence electrons. The molecule has 1 aromatic heterocycles. The lowest BCUT2D eigenvalue weighted by molar-refractivity contribution is 0.455. The maximum atomic E-state index is 9.06. The van der Waals surface area contributed by atoms with Crippen molar-refractivity contribution in [2.24, 2.45) is 7.05 Å². The monoisotopic (exact) mass is 239 g/mol. The van der Waals surface area contributed by atoms with Crippen molar-refractivity contribution >= 4 is 11.8 Å². The molecule has 2 unspecified atom stereocenters. The van der Waals surface area contributed by atoms with Gasteiger partial charge in [0, 0.05) is 12.3 Å². The predicted octanol–water partition coefficient (Wildman–Crippen LogP) is 1.19. The Morgan fingerprint density at radius 3 is 2.88 bits per heavy atom. The van der Waals surface area contributed by atoms with Gasteiger partial charge in [-0.3, -0.25) is 0 Å². The molecule has 1 N–H and O–H groups in total. The summed E-state index contributed by atoms with van der Waals surface area (Å²) in [6.45, 7) is 3.99. The molecular formula is C10H17N5S. The Balaban J connectivity index is 2.58. The van der Waals surface area contributed by atoms with Crippen LogP contribution in [-0.2, 0) is 7.05 Å². The van der Waals surface area contributed by atoms with E-state index < -0.39 is 5.54 Å². The van der Waals surface area contributed by atoms with E-state index in [2.05, 4.69) is 28.5 Å². The Bertz CT molecular complexity index is 383. The van der Waals surface area contributed by atoms with Gasteiger partial charge in [0.2, 0.25) is 0 Å². The molecule has 16 heavy (non-hydrogen) atoms. The fraction of sp³-hybridized carbons (Fsp3) is 0.700. The summed E-state index contributed by atoms with van der Waals surface area (Å²) >= 11 is 1.63. The minimum absolute atomic E-state index is 0.306. The Labute approximate surface area is 100 Å². The molecule has 0 radical (unpaired) electrons. The highest BCUT2D eigenvalue weighted by atomic mass is 32.2. The average Bonchev–Trinajstić information content (AvgIpc) is 2.64. The summed E-state index contributed by atoms with van der Waals surface area (Å²) in [5, 5.41) is 21.1. The number of hydrogen-bond acceptors (Lipinski definition) is 5. The molecule has 0 saturated carbocycles. The predicted molar refractivity (Wildman–Crippen MR) is 64.0 cm³/mol. The summed E-state index contributed by atoms with van der Waals surface area (Å²) in [5.41, 5.74) is -0.481. The van der Waals surface area contributed by atoms with Crippen LogP contribution < -0.4 is 5.32 Å². The lowest BCUT2D eigenvalue weighted by Crippen LogP contribution is -2.40. The molecule has 1 aromatic rings. The highest BCUT2D eigenvalue weighted by Gasteiger charge is 2.25. The maximum absolute atomic E-state index is 9.06. The topological polar surface area (TPSA) is 66.5 Å². The SMILES string of the molecule is CNC(C)(C#N)CC(C)Sc1nncn1C.